The van der Waals surface area contributed by atoms with Gasteiger partial charge in [0.25, 0.3) is 0 Å². The van der Waals surface area contributed by atoms with Crippen molar-refractivity contribution in [2.75, 3.05) is 0 Å². The van der Waals surface area contributed by atoms with Crippen molar-refractivity contribution >= 4 is 55.0 Å². The molecule has 2 N–H and O–H groups in total. The molecule has 4 aromatic rings. The molecular weight excluding hydrogens is 312 g/mol. The summed E-state index contributed by atoms with van der Waals surface area (Å²) < 4.78 is 6.27. The number of rotatable bonds is 0. The van der Waals surface area contributed by atoms with E-state index in [1.807, 2.05) is 0 Å². The van der Waals surface area contributed by atoms with Crippen molar-refractivity contribution in [3.8, 4) is 11.5 Å². The van der Waals surface area contributed by atoms with E-state index in [0.717, 1.165) is 21.4 Å². The fraction of sp³-hybridized carbons (Fsp3) is 0. The molecule has 0 aliphatic rings. The summed E-state index contributed by atoms with van der Waals surface area (Å²) in [6, 6.07) is 7.87. The van der Waals surface area contributed by atoms with Crippen molar-refractivity contribution in [3.63, 3.8) is 0 Å². The fourth-order valence-corrected chi connectivity index (χ4v) is 3.63. The van der Waals surface area contributed by atoms with Gasteiger partial charge in [0.2, 0.25) is 4.74 Å². The van der Waals surface area contributed by atoms with Crippen molar-refractivity contribution in [2.45, 2.75) is 0 Å². The average Bonchev–Trinajstić information content (AvgIpc) is 2.78. The van der Waals surface area contributed by atoms with Crippen LogP contribution in [0.25, 0.3) is 32.0 Å². The first-order valence-electron chi connectivity index (χ1n) is 6.05. The van der Waals surface area contributed by atoms with Crippen LogP contribution in [0, 0.1) is 0 Å². The van der Waals surface area contributed by atoms with Crippen LogP contribution in [-0.4, -0.2) is 10.2 Å². The van der Waals surface area contributed by atoms with E-state index >= 15 is 0 Å². The Morgan fingerprint density at radius 3 is 2.62 bits per heavy atom. The third-order valence-corrected chi connectivity index (χ3v) is 4.56. The monoisotopic (exact) mass is 318 g/mol. The van der Waals surface area contributed by atoms with Crippen LogP contribution in [0.1, 0.15) is 0 Å². The Bertz CT molecular complexity index is 1090. The summed E-state index contributed by atoms with van der Waals surface area (Å²) in [4.78, 5) is 12.3. The fourth-order valence-electron chi connectivity index (χ4n) is 2.43. The van der Waals surface area contributed by atoms with Crippen LogP contribution in [0.2, 0.25) is 5.02 Å². The molecule has 0 unspecified atom stereocenters. The number of hydrogen-bond donors (Lipinski definition) is 2. The second-order valence-electron chi connectivity index (χ2n) is 4.67. The van der Waals surface area contributed by atoms with Crippen molar-refractivity contribution in [3.05, 3.63) is 44.9 Å². The number of fused-ring (bicyclic) bond motifs is 5. The Hall–Kier alpha value is -2.24. The summed E-state index contributed by atoms with van der Waals surface area (Å²) in [5.74, 6) is -0.573. The SMILES string of the molecule is O=c1sc2cc(Cl)ccc2c2oc3cc(O)c(O)cc3c12. The highest BCUT2D eigenvalue weighted by Gasteiger charge is 2.16. The number of phenols is 2. The van der Waals surface area contributed by atoms with Crippen LogP contribution in [0.5, 0.6) is 11.5 Å². The molecule has 0 spiro atoms. The molecule has 104 valence electrons. The summed E-state index contributed by atoms with van der Waals surface area (Å²) in [5.41, 5.74) is 0.789. The van der Waals surface area contributed by atoms with Crippen molar-refractivity contribution in [1.82, 2.24) is 0 Å². The molecule has 0 amide bonds. The molecule has 0 saturated heterocycles. The molecule has 2 aromatic heterocycles. The zero-order valence-corrected chi connectivity index (χ0v) is 12.0. The van der Waals surface area contributed by atoms with E-state index in [2.05, 4.69) is 0 Å². The first kappa shape index (κ1) is 12.5. The van der Waals surface area contributed by atoms with E-state index in [9.17, 15) is 15.0 Å². The first-order chi connectivity index (χ1) is 10.0. The average molecular weight is 319 g/mol. The molecule has 0 bridgehead atoms. The predicted octanol–water partition coefficient (Wildman–Crippen LogP) is 4.23. The van der Waals surface area contributed by atoms with Crippen LogP contribution < -0.4 is 4.74 Å². The second kappa shape index (κ2) is 4.13. The second-order valence-corrected chi connectivity index (χ2v) is 6.12. The quantitative estimate of drug-likeness (QED) is 0.476. The van der Waals surface area contributed by atoms with Crippen LogP contribution in [0.15, 0.2) is 39.5 Å². The molecule has 2 aromatic carbocycles. The van der Waals surface area contributed by atoms with Crippen LogP contribution >= 0.6 is 22.9 Å². The van der Waals surface area contributed by atoms with Gasteiger partial charge in [0, 0.05) is 26.6 Å². The summed E-state index contributed by atoms with van der Waals surface area (Å²) >= 11 is 7.02. The van der Waals surface area contributed by atoms with E-state index in [1.165, 1.54) is 12.1 Å². The third kappa shape index (κ3) is 1.71. The lowest BCUT2D eigenvalue weighted by Crippen LogP contribution is -1.93. The summed E-state index contributed by atoms with van der Waals surface area (Å²) in [6.45, 7) is 0. The molecular formula is C15H7ClO4S. The number of aromatic hydroxyl groups is 2. The Balaban J connectivity index is 2.31. The number of benzene rings is 2. The lowest BCUT2D eigenvalue weighted by atomic mass is 10.1. The smallest absolute Gasteiger partial charge is 0.244 e. The molecule has 0 atom stereocenters. The standard InChI is InChI=1S/C15H7ClO4S/c16-6-1-2-7-12(3-6)21-15(19)13-8-4-9(17)10(18)5-11(8)20-14(7)13/h1-5,17-18H. The van der Waals surface area contributed by atoms with Gasteiger partial charge in [-0.1, -0.05) is 22.9 Å². The molecule has 0 radical (unpaired) electrons. The van der Waals surface area contributed by atoms with Crippen molar-refractivity contribution in [2.24, 2.45) is 0 Å². The Morgan fingerprint density at radius 1 is 1.05 bits per heavy atom. The van der Waals surface area contributed by atoms with Gasteiger partial charge in [0.05, 0.1) is 5.39 Å². The van der Waals surface area contributed by atoms with Crippen LogP contribution in [0.4, 0.5) is 0 Å². The first-order valence-corrected chi connectivity index (χ1v) is 7.24. The highest BCUT2D eigenvalue weighted by molar-refractivity contribution is 7.17. The normalized spacial score (nSPS) is 11.7. The number of furan rings is 1. The minimum absolute atomic E-state index is 0.177. The van der Waals surface area contributed by atoms with E-state index in [1.54, 1.807) is 18.2 Å². The molecule has 2 heterocycles. The van der Waals surface area contributed by atoms with Crippen molar-refractivity contribution in [1.29, 1.82) is 0 Å². The highest BCUT2D eigenvalue weighted by atomic mass is 35.5. The zero-order valence-electron chi connectivity index (χ0n) is 10.4. The Labute approximate surface area is 126 Å². The summed E-state index contributed by atoms with van der Waals surface area (Å²) in [6.07, 6.45) is 0. The minimum Gasteiger partial charge on any atom is -0.504 e. The third-order valence-electron chi connectivity index (χ3n) is 3.38. The topological polar surface area (TPSA) is 70.7 Å². The van der Waals surface area contributed by atoms with E-state index < -0.39 is 0 Å². The lowest BCUT2D eigenvalue weighted by molar-refractivity contribution is 0.404. The summed E-state index contributed by atoms with van der Waals surface area (Å²) in [7, 11) is 0. The van der Waals surface area contributed by atoms with Gasteiger partial charge in [-0.2, -0.15) is 0 Å². The molecule has 0 fully saturated rings. The minimum atomic E-state index is -0.287. The van der Waals surface area contributed by atoms with Gasteiger partial charge in [0.1, 0.15) is 11.2 Å². The van der Waals surface area contributed by atoms with Gasteiger partial charge in [-0.15, -0.1) is 0 Å². The Kier molecular flexibility index (Phi) is 2.46. The van der Waals surface area contributed by atoms with E-state index in [4.69, 9.17) is 16.0 Å². The maximum atomic E-state index is 12.3. The van der Waals surface area contributed by atoms with Gasteiger partial charge < -0.3 is 14.6 Å². The number of halogens is 1. The van der Waals surface area contributed by atoms with Gasteiger partial charge in [-0.3, -0.25) is 4.79 Å². The lowest BCUT2D eigenvalue weighted by Gasteiger charge is -1.97. The maximum Gasteiger partial charge on any atom is 0.244 e. The maximum absolute atomic E-state index is 12.3. The van der Waals surface area contributed by atoms with Gasteiger partial charge in [-0.05, 0) is 24.3 Å². The molecule has 4 nitrogen and oxygen atoms in total. The summed E-state index contributed by atoms with van der Waals surface area (Å²) in [5, 5.41) is 21.4. The molecule has 21 heavy (non-hydrogen) atoms. The van der Waals surface area contributed by atoms with E-state index in [0.29, 0.717) is 27.0 Å². The van der Waals surface area contributed by atoms with Gasteiger partial charge in [-0.25, -0.2) is 0 Å². The number of hydrogen-bond acceptors (Lipinski definition) is 5. The molecule has 6 heteroatoms. The van der Waals surface area contributed by atoms with E-state index in [-0.39, 0.29) is 16.2 Å². The largest absolute Gasteiger partial charge is 0.504 e. The van der Waals surface area contributed by atoms with Crippen LogP contribution in [-0.2, 0) is 0 Å². The number of phenolic OH excluding ortho intramolecular Hbond substituents is 2. The molecule has 0 aliphatic heterocycles. The van der Waals surface area contributed by atoms with Crippen molar-refractivity contribution < 1.29 is 14.6 Å². The van der Waals surface area contributed by atoms with Gasteiger partial charge in [0.15, 0.2) is 11.5 Å². The highest BCUT2D eigenvalue weighted by Crippen LogP contribution is 2.38. The zero-order chi connectivity index (χ0) is 14.7. The predicted molar refractivity (Wildman–Crippen MR) is 83.7 cm³/mol. The molecule has 0 aliphatic carbocycles. The van der Waals surface area contributed by atoms with Crippen LogP contribution in [0.3, 0.4) is 0 Å². The molecule has 0 saturated carbocycles. The molecule has 4 rings (SSSR count). The Morgan fingerprint density at radius 2 is 1.81 bits per heavy atom. The van der Waals surface area contributed by atoms with Gasteiger partial charge >= 0.3 is 0 Å².